The maximum Gasteiger partial charge on any atom is 0.309 e. The number of thioether (sulfide) groups is 1. The zero-order valence-electron chi connectivity index (χ0n) is 91.5. The van der Waals surface area contributed by atoms with Crippen molar-refractivity contribution in [2.45, 2.75) is 454 Å². The minimum atomic E-state index is -0.459. The smallest absolute Gasteiger partial charge is 0.309 e. The highest BCUT2D eigenvalue weighted by Gasteiger charge is 2.26. The van der Waals surface area contributed by atoms with Gasteiger partial charge in [0.1, 0.15) is 44.7 Å². The summed E-state index contributed by atoms with van der Waals surface area (Å²) < 4.78 is 65.0. The maximum absolute atomic E-state index is 11.9. The Balaban J connectivity index is -0.000000268. The number of esters is 6. The number of hydrogen-bond donors (Lipinski definition) is 2. The molecule has 0 saturated carbocycles. The van der Waals surface area contributed by atoms with Crippen LogP contribution >= 0.6 is 11.8 Å². The number of carbonyl (C=O) groups is 6. The fourth-order valence-electron chi connectivity index (χ4n) is 9.73. The van der Waals surface area contributed by atoms with E-state index in [0.29, 0.717) is 113 Å². The quantitative estimate of drug-likeness (QED) is 0.0189. The summed E-state index contributed by atoms with van der Waals surface area (Å²) in [4.78, 5) is 75.0. The molecule has 0 amide bonds. The number of ether oxygens (including phenoxy) is 12. The molecule has 0 saturated heterocycles. The Morgan fingerprint density at radius 1 is 0.331 bits per heavy atom. The van der Waals surface area contributed by atoms with Gasteiger partial charge in [-0.2, -0.15) is 17.2 Å². The van der Waals surface area contributed by atoms with E-state index in [4.69, 9.17) is 61.7 Å². The summed E-state index contributed by atoms with van der Waals surface area (Å²) in [6.45, 7) is 102. The van der Waals surface area contributed by atoms with Gasteiger partial charge in [0.25, 0.3) is 0 Å². The molecule has 0 aromatic rings. The van der Waals surface area contributed by atoms with Crippen molar-refractivity contribution < 1.29 is 95.6 Å². The van der Waals surface area contributed by atoms with Gasteiger partial charge in [0.05, 0.1) is 85.0 Å². The predicted octanol–water partition coefficient (Wildman–Crippen LogP) is 26.4. The summed E-state index contributed by atoms with van der Waals surface area (Å²) in [6.07, 6.45) is 15.7. The predicted molar refractivity (Wildman–Crippen MR) is 533 cm³/mol. The average molecular weight is 1840 g/mol. The molecule has 0 fully saturated rings. The van der Waals surface area contributed by atoms with Crippen molar-refractivity contribution in [3.8, 4) is 0 Å². The second-order valence-electron chi connectivity index (χ2n) is 50.8. The Labute approximate surface area is 788 Å². The molecule has 0 aliphatic rings. The second kappa shape index (κ2) is 69.4. The number of hydrogen-bond acceptors (Lipinski definition) is 22. The first-order chi connectivity index (χ1) is 57.0. The fourth-order valence-corrected chi connectivity index (χ4v) is 10.6. The summed E-state index contributed by atoms with van der Waals surface area (Å²) >= 11 is 1.73. The monoisotopic (exact) mass is 1840 g/mol. The van der Waals surface area contributed by atoms with Crippen LogP contribution in [0.25, 0.3) is 0 Å². The molecule has 0 aliphatic heterocycles. The zero-order valence-corrected chi connectivity index (χ0v) is 92.3. The van der Waals surface area contributed by atoms with Crippen LogP contribution in [0.15, 0.2) is 12.7 Å². The second-order valence-corrected chi connectivity index (χ2v) is 52.7. The van der Waals surface area contributed by atoms with Crippen LogP contribution in [-0.2, 0) is 90.4 Å². The van der Waals surface area contributed by atoms with E-state index >= 15 is 0 Å². The molecule has 0 radical (unpaired) electrons. The summed E-state index contributed by atoms with van der Waals surface area (Å²) in [5, 5.41) is 9.66. The van der Waals surface area contributed by atoms with Crippen LogP contribution in [0, 0.1) is 65.0 Å². The van der Waals surface area contributed by atoms with Gasteiger partial charge in [0.2, 0.25) is 0 Å². The molecule has 4 unspecified atom stereocenters. The zero-order chi connectivity index (χ0) is 101. The number of aliphatic hydroxyl groups is 1. The lowest BCUT2D eigenvalue weighted by molar-refractivity contribution is -0.157. The van der Waals surface area contributed by atoms with Crippen LogP contribution in [0.4, 0.5) is 0 Å². The molecular weight excluding hydrogens is 1630 g/mol. The van der Waals surface area contributed by atoms with Crippen molar-refractivity contribution in [1.82, 2.24) is 5.48 Å². The number of methoxy groups -OCH3 is 1. The third-order valence-electron chi connectivity index (χ3n) is 16.2. The Hall–Kier alpha value is -3.45. The third kappa shape index (κ3) is 133. The van der Waals surface area contributed by atoms with Gasteiger partial charge in [-0.1, -0.05) is 296 Å². The summed E-state index contributed by atoms with van der Waals surface area (Å²) in [7, 11) is 1.67. The third-order valence-corrected chi connectivity index (χ3v) is 17.5. The van der Waals surface area contributed by atoms with Crippen LogP contribution < -0.4 is 5.48 Å². The topological polar surface area (TPSA) is 255 Å². The SMILES string of the molecule is C=CCC(=O)OCC(COC(=O)CCCC(C)(C)C)OCC(C)(C)C.CC(C)(C)CCCCC(=O)OCC(C)(C)C.CC(C)(C)CCCCC(=O)OCCC(C)(C)C.CC(C)(C)CCCOCC(C)(C)C.CC(C)(C)COCC(O)CC(C)(C)C.CCCC(=O)OCC(COC(=O)CCSC(C)(C)C)OCC(C)(C)C.COCC(CONC(C)(C)C)OCC(C)(C)C. The molecule has 22 heteroatoms. The summed E-state index contributed by atoms with van der Waals surface area (Å²) in [5.41, 5.74) is 5.40. The van der Waals surface area contributed by atoms with Crippen molar-refractivity contribution in [1.29, 1.82) is 0 Å². The number of carbonyl (C=O) groups excluding carboxylic acids is 6. The van der Waals surface area contributed by atoms with Crippen molar-refractivity contribution in [2.24, 2.45) is 65.0 Å². The first-order valence-corrected chi connectivity index (χ1v) is 48.7. The van der Waals surface area contributed by atoms with E-state index in [1.165, 1.54) is 31.8 Å². The number of unbranched alkanes of at least 4 members (excludes halogenated alkanes) is 2. The molecule has 0 spiro atoms. The van der Waals surface area contributed by atoms with E-state index in [9.17, 15) is 33.9 Å². The molecule has 0 aromatic carbocycles. The summed E-state index contributed by atoms with van der Waals surface area (Å²) in [5.74, 6) is -0.476. The lowest BCUT2D eigenvalue weighted by atomic mass is 9.89. The molecule has 0 aliphatic carbocycles. The molecule has 0 rings (SSSR count). The molecular formula is C105H211NO20S. The molecule has 21 nitrogen and oxygen atoms in total. The first-order valence-electron chi connectivity index (χ1n) is 47.8. The lowest BCUT2D eigenvalue weighted by Crippen LogP contribution is -2.39. The van der Waals surface area contributed by atoms with Gasteiger partial charge >= 0.3 is 35.8 Å². The fraction of sp³-hybridized carbons (Fsp3) is 0.924. The van der Waals surface area contributed by atoms with Crippen molar-refractivity contribution in [3.05, 3.63) is 12.7 Å². The van der Waals surface area contributed by atoms with Crippen LogP contribution in [0.3, 0.4) is 0 Å². The van der Waals surface area contributed by atoms with E-state index < -0.39 is 12.2 Å². The van der Waals surface area contributed by atoms with Crippen LogP contribution in [-0.4, -0.2) is 188 Å². The van der Waals surface area contributed by atoms with E-state index in [1.807, 2.05) is 48.5 Å². The molecule has 0 heterocycles. The first kappa shape index (κ1) is 137. The largest absolute Gasteiger partial charge is 0.466 e. The molecule has 0 aromatic heterocycles. The standard InChI is InChI=1S/C20H36O5.C19H36O5S.C15H30O2.C14H28O2.C13H29NO3.C12H26O2.C12H26O/c1-8-10-17(21)23-13-16(25-15-20(5,6)7)14-24-18(22)11-9-12-19(2,3)4;1-8-9-16(20)22-12-15(24-14-18(2,3)4)13-23-17(21)10-11-25-19(5,6)7;1-14(2,3)10-8-7-9-13(16)17-12-11-15(4,5)6;1-13(2,3)10-8-7-9-12(15)16-11-14(4,5)6;1-12(2,3)10-16-11(8-15-7)9-17-14-13(4,5)6;1-11(2,3)7-10(13)8-14-9-12(4,5)6;1-11(2,3)8-7-9-13-10-12(4,5)6/h8,16H,1,9-15H2,2-7H3;15H,8-14H2,1-7H3;7-12H2,1-6H3;7-11H2,1-6H3;11,14H,8-10H2,1-7H3;10,13H,7-9H2,1-6H3;7-10H2,1-6H3. The Morgan fingerprint density at radius 2 is 0.661 bits per heavy atom. The van der Waals surface area contributed by atoms with Crippen molar-refractivity contribution in [3.63, 3.8) is 0 Å². The highest BCUT2D eigenvalue weighted by molar-refractivity contribution is 8.00. The van der Waals surface area contributed by atoms with Gasteiger partial charge in [-0.25, -0.2) is 0 Å². The van der Waals surface area contributed by atoms with Crippen LogP contribution in [0.2, 0.25) is 0 Å². The van der Waals surface area contributed by atoms with Crippen molar-refractivity contribution >= 4 is 47.6 Å². The molecule has 0 bridgehead atoms. The van der Waals surface area contributed by atoms with Crippen LogP contribution in [0.1, 0.15) is 420 Å². The molecule has 127 heavy (non-hydrogen) atoms. The summed E-state index contributed by atoms with van der Waals surface area (Å²) in [6, 6.07) is 0. The van der Waals surface area contributed by atoms with Crippen LogP contribution in [0.5, 0.6) is 0 Å². The van der Waals surface area contributed by atoms with E-state index in [1.54, 1.807) is 18.9 Å². The minimum Gasteiger partial charge on any atom is -0.466 e. The van der Waals surface area contributed by atoms with Gasteiger partial charge in [-0.3, -0.25) is 33.6 Å². The van der Waals surface area contributed by atoms with E-state index in [0.717, 1.165) is 76.8 Å². The molecule has 762 valence electrons. The van der Waals surface area contributed by atoms with Crippen molar-refractivity contribution in [2.75, 3.05) is 112 Å². The van der Waals surface area contributed by atoms with Gasteiger partial charge in [0, 0.05) is 55.4 Å². The molecule has 2 N–H and O–H groups in total. The van der Waals surface area contributed by atoms with Gasteiger partial charge < -0.3 is 61.9 Å². The number of aliphatic hydroxyl groups excluding tert-OH is 1. The maximum atomic E-state index is 11.9. The highest BCUT2D eigenvalue weighted by atomic mass is 32.2. The normalized spacial score (nSPS) is 13.6. The number of rotatable bonds is 48. The van der Waals surface area contributed by atoms with Gasteiger partial charge in [-0.15, -0.1) is 6.58 Å². The van der Waals surface area contributed by atoms with Gasteiger partial charge in [-0.05, 0) is 156 Å². The van der Waals surface area contributed by atoms with Gasteiger partial charge in [0.15, 0.2) is 0 Å². The Kier molecular flexibility index (Phi) is 74.6. The average Bonchev–Trinajstić information content (AvgIpc) is 0.931. The number of nitrogens with one attached hydrogen (secondary N) is 1. The van der Waals surface area contributed by atoms with E-state index in [2.05, 4.69) is 261 Å². The Morgan fingerprint density at radius 3 is 1.01 bits per heavy atom. The minimum absolute atomic E-state index is 0.0148. The highest BCUT2D eigenvalue weighted by Crippen LogP contribution is 2.29. The lowest BCUT2D eigenvalue weighted by Gasteiger charge is -2.25. The van der Waals surface area contributed by atoms with E-state index in [-0.39, 0.29) is 134 Å². The number of hydroxylamine groups is 1. The molecule has 4 atom stereocenters. The Bertz CT molecular complexity index is 2710.